The summed E-state index contributed by atoms with van der Waals surface area (Å²) in [7, 11) is -11.4. The lowest BCUT2D eigenvalue weighted by Crippen LogP contribution is -2.33. The minimum Gasteiger partial charge on any atom is -0.349 e. The number of ether oxygens (including phenoxy) is 1. The third kappa shape index (κ3) is 18.6. The van der Waals surface area contributed by atoms with Crippen molar-refractivity contribution in [2.45, 2.75) is 180 Å². The number of H-pyrrole nitrogens is 1. The van der Waals surface area contributed by atoms with Gasteiger partial charge in [0.15, 0.2) is 0 Å². The average Bonchev–Trinajstić information content (AvgIpc) is 3.48. The van der Waals surface area contributed by atoms with E-state index >= 15 is 0 Å². The fourth-order valence-electron chi connectivity index (χ4n) is 6.00. The molecule has 0 spiro atoms. The standard InChI is InChI=1S/C35H65FN2O12P2S/c1-6-9-11-13-14-15-16-17-19-21-24-53(44)32(22-20-18-12-10-7-2)29(5)48-49-51(41,42)50-52(43,45-23-8-3)46-27-31-30(36)25-33(47-31)38-26-28(4)34(39)37-35(38)40/h26,29-33H,6-25,27H2,1-5H3,(H,41,42)(H,37,39,40)/t29?,30-,31+,32?,33+,52?,53?/m0/s1. The summed E-state index contributed by atoms with van der Waals surface area (Å²) in [5, 5.41) is -0.484. The van der Waals surface area contributed by atoms with Gasteiger partial charge >= 0.3 is 21.3 Å². The van der Waals surface area contributed by atoms with Gasteiger partial charge in [-0.2, -0.15) is 4.31 Å². The van der Waals surface area contributed by atoms with Crippen molar-refractivity contribution >= 4 is 26.4 Å². The Morgan fingerprint density at radius 3 is 2.13 bits per heavy atom. The fraction of sp³-hybridized carbons (Fsp3) is 0.886. The van der Waals surface area contributed by atoms with Gasteiger partial charge in [0, 0.05) is 34.7 Å². The number of nitrogens with zero attached hydrogens (tertiary/aromatic N) is 1. The van der Waals surface area contributed by atoms with Crippen molar-refractivity contribution in [3.05, 3.63) is 32.6 Å². The Kier molecular flexibility index (Phi) is 23.6. The maximum atomic E-state index is 15.0. The van der Waals surface area contributed by atoms with Crippen molar-refractivity contribution in [2.75, 3.05) is 19.0 Å². The third-order valence-electron chi connectivity index (χ3n) is 9.11. The summed E-state index contributed by atoms with van der Waals surface area (Å²) in [6, 6.07) is 0. The Morgan fingerprint density at radius 2 is 1.53 bits per heavy atom. The normalized spacial score (nSPS) is 21.6. The second kappa shape index (κ2) is 26.0. The number of phosphoric ester groups is 1. The molecule has 0 bridgehead atoms. The van der Waals surface area contributed by atoms with Crippen molar-refractivity contribution in [1.29, 1.82) is 0 Å². The number of aromatic amines is 1. The number of nitrogens with one attached hydrogen (secondary N) is 1. The molecule has 0 amide bonds. The van der Waals surface area contributed by atoms with E-state index in [0.29, 0.717) is 18.6 Å². The van der Waals surface area contributed by atoms with Crippen LogP contribution in [0.25, 0.3) is 0 Å². The van der Waals surface area contributed by atoms with Gasteiger partial charge in [0.2, 0.25) is 0 Å². The maximum absolute atomic E-state index is 15.0. The van der Waals surface area contributed by atoms with Crippen LogP contribution < -0.4 is 11.2 Å². The van der Waals surface area contributed by atoms with Gasteiger partial charge in [-0.15, -0.1) is 4.67 Å². The highest BCUT2D eigenvalue weighted by Crippen LogP contribution is 2.64. The smallest absolute Gasteiger partial charge is 0.349 e. The van der Waals surface area contributed by atoms with Gasteiger partial charge in [-0.1, -0.05) is 111 Å². The van der Waals surface area contributed by atoms with Crippen LogP contribution in [-0.2, 0) is 47.6 Å². The number of aryl methyl sites for hydroxylation is 1. The van der Waals surface area contributed by atoms with Gasteiger partial charge in [-0.05, 0) is 33.1 Å². The number of phosphoric acid groups is 2. The van der Waals surface area contributed by atoms with E-state index < -0.39 is 74.2 Å². The molecule has 2 rings (SSSR count). The van der Waals surface area contributed by atoms with Crippen LogP contribution in [0.4, 0.5) is 4.39 Å². The Morgan fingerprint density at radius 1 is 0.943 bits per heavy atom. The minimum absolute atomic E-state index is 0.203. The molecule has 0 saturated carbocycles. The maximum Gasteiger partial charge on any atom is 0.508 e. The van der Waals surface area contributed by atoms with Gasteiger partial charge < -0.3 is 9.63 Å². The topological polar surface area (TPSA) is 182 Å². The summed E-state index contributed by atoms with van der Waals surface area (Å²) in [4.78, 5) is 41.9. The van der Waals surface area contributed by atoms with Crippen LogP contribution >= 0.6 is 15.6 Å². The first-order chi connectivity index (χ1) is 25.3. The molecule has 14 nitrogen and oxygen atoms in total. The van der Waals surface area contributed by atoms with E-state index in [1.807, 2.05) is 0 Å². The Balaban J connectivity index is 1.97. The third-order valence-corrected chi connectivity index (χ3v) is 14.0. The van der Waals surface area contributed by atoms with Crippen molar-refractivity contribution in [3.8, 4) is 0 Å². The van der Waals surface area contributed by atoms with Gasteiger partial charge in [0.25, 0.3) is 5.56 Å². The van der Waals surface area contributed by atoms with Crippen LogP contribution in [0.15, 0.2) is 15.8 Å². The molecular weight excluding hydrogens is 753 g/mol. The summed E-state index contributed by atoms with van der Waals surface area (Å²) >= 11 is 0. The summed E-state index contributed by atoms with van der Waals surface area (Å²) in [6.45, 7) is 8.17. The van der Waals surface area contributed by atoms with E-state index in [2.05, 4.69) is 18.8 Å². The second-order valence-electron chi connectivity index (χ2n) is 13.9. The van der Waals surface area contributed by atoms with E-state index in [0.717, 1.165) is 62.4 Å². The average molecular weight is 819 g/mol. The van der Waals surface area contributed by atoms with E-state index in [1.165, 1.54) is 51.6 Å². The molecule has 1 saturated heterocycles. The largest absolute Gasteiger partial charge is 0.508 e. The van der Waals surface area contributed by atoms with Crippen LogP contribution in [0.2, 0.25) is 0 Å². The van der Waals surface area contributed by atoms with Crippen molar-refractivity contribution in [1.82, 2.24) is 9.55 Å². The molecule has 1 aliphatic heterocycles. The lowest BCUT2D eigenvalue weighted by molar-refractivity contribution is -0.252. The molecule has 1 fully saturated rings. The summed E-state index contributed by atoms with van der Waals surface area (Å²) in [6.07, 6.45) is 13.4. The summed E-state index contributed by atoms with van der Waals surface area (Å²) in [5.41, 5.74) is -1.17. The molecular formula is C35H65FN2O12P2S. The van der Waals surface area contributed by atoms with E-state index in [-0.39, 0.29) is 18.6 Å². The first-order valence-corrected chi connectivity index (χ1v) is 23.9. The van der Waals surface area contributed by atoms with E-state index in [4.69, 9.17) is 27.7 Å². The highest BCUT2D eigenvalue weighted by atomic mass is 32.2. The second-order valence-corrected chi connectivity index (χ2v) is 18.8. The molecule has 2 N–H and O–H groups in total. The van der Waals surface area contributed by atoms with Crippen molar-refractivity contribution < 1.29 is 50.3 Å². The summed E-state index contributed by atoms with van der Waals surface area (Å²) in [5.74, 6) is 0.473. The molecule has 1 aromatic heterocycles. The molecule has 18 heteroatoms. The molecule has 0 aliphatic carbocycles. The SMILES string of the molecule is CCCCCCCCCCCCS(=O)C(CCCCCCC)C(C)OOP(=O)(O)OP(=O)(OCCC)OC[C@H]1O[C@@H](n2cc(C)c(=O)[nH]c2=O)C[C@@H]1F. The number of unbranched alkanes of at least 4 members (excludes halogenated alkanes) is 13. The first kappa shape index (κ1) is 48.1. The predicted octanol–water partition coefficient (Wildman–Crippen LogP) is 8.87. The number of rotatable bonds is 31. The van der Waals surface area contributed by atoms with Crippen molar-refractivity contribution in [3.63, 3.8) is 0 Å². The molecule has 5 unspecified atom stereocenters. The highest BCUT2D eigenvalue weighted by Gasteiger charge is 2.44. The molecule has 1 aliphatic rings. The molecule has 53 heavy (non-hydrogen) atoms. The quantitative estimate of drug-likeness (QED) is 0.0315. The van der Waals surface area contributed by atoms with Gasteiger partial charge in [-0.25, -0.2) is 23.2 Å². The zero-order valence-electron chi connectivity index (χ0n) is 32.4. The van der Waals surface area contributed by atoms with Gasteiger partial charge in [0.1, 0.15) is 24.6 Å². The molecule has 0 aromatic carbocycles. The zero-order chi connectivity index (χ0) is 39.3. The van der Waals surface area contributed by atoms with Crippen LogP contribution in [0.1, 0.15) is 155 Å². The molecule has 1 aromatic rings. The summed E-state index contributed by atoms with van der Waals surface area (Å²) < 4.78 is 81.6. The number of hydrogen-bond acceptors (Lipinski definition) is 11. The highest BCUT2D eigenvalue weighted by molar-refractivity contribution is 7.85. The Hall–Kier alpha value is -1.06. The van der Waals surface area contributed by atoms with Crippen LogP contribution in [0.3, 0.4) is 0 Å². The Bertz CT molecular complexity index is 1420. The lowest BCUT2D eigenvalue weighted by atomic mass is 10.1. The molecule has 0 radical (unpaired) electrons. The van der Waals surface area contributed by atoms with Gasteiger partial charge in [0.05, 0.1) is 18.5 Å². The monoisotopic (exact) mass is 818 g/mol. The Labute approximate surface area is 317 Å². The molecule has 2 heterocycles. The lowest BCUT2D eigenvalue weighted by Gasteiger charge is -2.25. The molecule has 310 valence electrons. The van der Waals surface area contributed by atoms with Crippen LogP contribution in [-0.4, -0.2) is 61.2 Å². The van der Waals surface area contributed by atoms with Crippen molar-refractivity contribution in [2.24, 2.45) is 0 Å². The molecule has 8 atom stereocenters. The van der Waals surface area contributed by atoms with Crippen LogP contribution in [0, 0.1) is 6.92 Å². The predicted molar refractivity (Wildman–Crippen MR) is 204 cm³/mol. The minimum atomic E-state index is -5.27. The van der Waals surface area contributed by atoms with Crippen LogP contribution in [0.5, 0.6) is 0 Å². The van der Waals surface area contributed by atoms with E-state index in [9.17, 15) is 32.2 Å². The van der Waals surface area contributed by atoms with Gasteiger partial charge in [-0.3, -0.25) is 27.6 Å². The number of aromatic nitrogens is 2. The zero-order valence-corrected chi connectivity index (χ0v) is 35.0. The fourth-order valence-corrected chi connectivity index (χ4v) is 10.2. The number of halogens is 1. The number of hydrogen-bond donors (Lipinski definition) is 2. The first-order valence-electron chi connectivity index (χ1n) is 19.5. The number of alkyl halides is 1. The van der Waals surface area contributed by atoms with E-state index in [1.54, 1.807) is 13.8 Å².